The molecule has 2 heterocycles. The second-order valence-electron chi connectivity index (χ2n) is 6.22. The minimum atomic E-state index is -0.302. The van der Waals surface area contributed by atoms with Crippen molar-refractivity contribution in [3.8, 4) is 5.69 Å². The van der Waals surface area contributed by atoms with E-state index in [9.17, 15) is 9.59 Å². The molecule has 0 saturated carbocycles. The van der Waals surface area contributed by atoms with Gasteiger partial charge in [0.05, 0.1) is 17.3 Å². The Morgan fingerprint density at radius 3 is 2.67 bits per heavy atom. The van der Waals surface area contributed by atoms with Gasteiger partial charge in [-0.3, -0.25) is 9.59 Å². The van der Waals surface area contributed by atoms with E-state index in [1.807, 2.05) is 49.4 Å². The van der Waals surface area contributed by atoms with Crippen LogP contribution in [0.3, 0.4) is 0 Å². The van der Waals surface area contributed by atoms with Gasteiger partial charge in [0.15, 0.2) is 0 Å². The fourth-order valence-corrected chi connectivity index (χ4v) is 3.01. The van der Waals surface area contributed by atoms with Crippen LogP contribution >= 0.6 is 0 Å². The zero-order chi connectivity index (χ0) is 18.8. The van der Waals surface area contributed by atoms with Crippen LogP contribution in [0.1, 0.15) is 28.9 Å². The second kappa shape index (κ2) is 6.87. The second-order valence-corrected chi connectivity index (χ2v) is 6.22. The summed E-state index contributed by atoms with van der Waals surface area (Å²) in [7, 11) is 0. The maximum Gasteiger partial charge on any atom is 0.252 e. The average Bonchev–Trinajstić information content (AvgIpc) is 3.22. The van der Waals surface area contributed by atoms with Gasteiger partial charge in [-0.05, 0) is 30.7 Å². The van der Waals surface area contributed by atoms with Crippen LogP contribution in [0.4, 0.5) is 0 Å². The van der Waals surface area contributed by atoms with Crippen molar-refractivity contribution in [1.29, 1.82) is 0 Å². The Hall–Kier alpha value is -3.74. The summed E-state index contributed by atoms with van der Waals surface area (Å²) in [6, 6.07) is 16.0. The summed E-state index contributed by atoms with van der Waals surface area (Å²) in [5.41, 5.74) is 2.53. The first-order valence-electron chi connectivity index (χ1n) is 8.50. The van der Waals surface area contributed by atoms with Crippen LogP contribution in [-0.4, -0.2) is 25.7 Å². The average molecular weight is 359 g/mol. The number of fused-ring (bicyclic) bond motifs is 1. The number of carbonyl (C=O) groups is 1. The molecule has 0 fully saturated rings. The molecule has 4 aromatic rings. The largest absolute Gasteiger partial charge is 0.345 e. The van der Waals surface area contributed by atoms with Crippen molar-refractivity contribution in [3.63, 3.8) is 0 Å². The van der Waals surface area contributed by atoms with Gasteiger partial charge in [-0.25, -0.2) is 9.67 Å². The summed E-state index contributed by atoms with van der Waals surface area (Å²) in [6.07, 6.45) is 3.10. The smallest absolute Gasteiger partial charge is 0.252 e. The molecule has 1 amide bonds. The van der Waals surface area contributed by atoms with Crippen LogP contribution in [0.15, 0.2) is 72.0 Å². The van der Waals surface area contributed by atoms with Crippen molar-refractivity contribution < 1.29 is 4.79 Å². The van der Waals surface area contributed by atoms with E-state index < -0.39 is 0 Å². The van der Waals surface area contributed by atoms with E-state index >= 15 is 0 Å². The van der Waals surface area contributed by atoms with Gasteiger partial charge in [0.1, 0.15) is 12.7 Å². The highest BCUT2D eigenvalue weighted by atomic mass is 16.2. The van der Waals surface area contributed by atoms with Crippen molar-refractivity contribution in [2.24, 2.45) is 0 Å². The molecule has 0 bridgehead atoms. The zero-order valence-electron chi connectivity index (χ0n) is 14.6. The van der Waals surface area contributed by atoms with E-state index in [4.69, 9.17) is 0 Å². The molecule has 2 aromatic carbocycles. The van der Waals surface area contributed by atoms with E-state index in [0.717, 1.165) is 11.3 Å². The molecule has 27 heavy (non-hydrogen) atoms. The number of carbonyl (C=O) groups excluding carboxylic acids is 1. The molecule has 7 nitrogen and oxygen atoms in total. The first kappa shape index (κ1) is 16.7. The number of benzene rings is 2. The minimum absolute atomic E-state index is 0.222. The maximum atomic E-state index is 12.8. The number of nitrogens with zero attached hydrogens (tertiary/aromatic N) is 3. The Kier molecular flexibility index (Phi) is 4.25. The topological polar surface area (TPSA) is 92.7 Å². The van der Waals surface area contributed by atoms with Crippen LogP contribution in [0.25, 0.3) is 16.6 Å². The standard InChI is InChI=1S/C20H17N5O2/c1-13(14-6-8-15(9-7-14)25-12-21-11-22-25)23-20(27)17-10-19(26)24-18-5-3-2-4-16(17)18/h2-13H,1H3,(H,23,27)(H,24,26)/t13-/m1/s1. The lowest BCUT2D eigenvalue weighted by Crippen LogP contribution is -2.28. The summed E-state index contributed by atoms with van der Waals surface area (Å²) >= 11 is 0. The molecule has 0 aliphatic carbocycles. The quantitative estimate of drug-likeness (QED) is 0.586. The van der Waals surface area contributed by atoms with Gasteiger partial charge in [-0.2, -0.15) is 5.10 Å². The highest BCUT2D eigenvalue weighted by Gasteiger charge is 2.15. The van der Waals surface area contributed by atoms with Crippen LogP contribution in [0.2, 0.25) is 0 Å². The molecule has 0 saturated heterocycles. The number of aromatic nitrogens is 4. The van der Waals surface area contributed by atoms with E-state index in [-0.39, 0.29) is 17.5 Å². The third-order valence-electron chi connectivity index (χ3n) is 4.42. The molecule has 1 atom stereocenters. The third-order valence-corrected chi connectivity index (χ3v) is 4.42. The predicted octanol–water partition coefficient (Wildman–Crippen LogP) is 2.60. The molecule has 0 spiro atoms. The van der Waals surface area contributed by atoms with Crippen LogP contribution < -0.4 is 10.9 Å². The van der Waals surface area contributed by atoms with Crippen molar-refractivity contribution in [2.45, 2.75) is 13.0 Å². The summed E-state index contributed by atoms with van der Waals surface area (Å²) < 4.78 is 1.66. The lowest BCUT2D eigenvalue weighted by molar-refractivity contribution is 0.0941. The molecule has 0 radical (unpaired) electrons. The Morgan fingerprint density at radius 1 is 1.15 bits per heavy atom. The number of hydrogen-bond acceptors (Lipinski definition) is 4. The minimum Gasteiger partial charge on any atom is -0.345 e. The normalized spacial score (nSPS) is 12.0. The fourth-order valence-electron chi connectivity index (χ4n) is 3.01. The Bertz CT molecular complexity index is 1150. The first-order valence-corrected chi connectivity index (χ1v) is 8.50. The van der Waals surface area contributed by atoms with Gasteiger partial charge in [-0.15, -0.1) is 0 Å². The summed E-state index contributed by atoms with van der Waals surface area (Å²) in [5.74, 6) is -0.287. The zero-order valence-corrected chi connectivity index (χ0v) is 14.6. The molecule has 134 valence electrons. The van der Waals surface area contributed by atoms with Crippen molar-refractivity contribution in [3.05, 3.63) is 88.7 Å². The number of nitrogens with one attached hydrogen (secondary N) is 2. The third kappa shape index (κ3) is 3.35. The predicted molar refractivity (Wildman–Crippen MR) is 102 cm³/mol. The number of hydrogen-bond donors (Lipinski definition) is 2. The van der Waals surface area contributed by atoms with Crippen molar-refractivity contribution >= 4 is 16.8 Å². The Morgan fingerprint density at radius 2 is 1.93 bits per heavy atom. The highest BCUT2D eigenvalue weighted by molar-refractivity contribution is 6.06. The van der Waals surface area contributed by atoms with Gasteiger partial charge >= 0.3 is 0 Å². The van der Waals surface area contributed by atoms with Crippen LogP contribution in [-0.2, 0) is 0 Å². The number of rotatable bonds is 4. The molecule has 0 aliphatic heterocycles. The van der Waals surface area contributed by atoms with Crippen LogP contribution in [0, 0.1) is 0 Å². The summed E-state index contributed by atoms with van der Waals surface area (Å²) in [6.45, 7) is 1.90. The molecule has 0 aliphatic rings. The number of aromatic amines is 1. The van der Waals surface area contributed by atoms with Gasteiger partial charge < -0.3 is 10.3 Å². The molecule has 2 aromatic heterocycles. The highest BCUT2D eigenvalue weighted by Crippen LogP contribution is 2.18. The lowest BCUT2D eigenvalue weighted by atomic mass is 10.1. The number of pyridine rings is 1. The first-order chi connectivity index (χ1) is 13.1. The summed E-state index contributed by atoms with van der Waals surface area (Å²) in [5, 5.41) is 7.76. The lowest BCUT2D eigenvalue weighted by Gasteiger charge is -2.15. The Balaban J connectivity index is 1.57. The van der Waals surface area contributed by atoms with Gasteiger partial charge in [0.25, 0.3) is 5.91 Å². The van der Waals surface area contributed by atoms with Crippen molar-refractivity contribution in [1.82, 2.24) is 25.1 Å². The maximum absolute atomic E-state index is 12.8. The van der Waals surface area contributed by atoms with Gasteiger partial charge in [0.2, 0.25) is 5.56 Å². The number of amides is 1. The van der Waals surface area contributed by atoms with E-state index in [2.05, 4.69) is 20.4 Å². The van der Waals surface area contributed by atoms with E-state index in [1.54, 1.807) is 17.1 Å². The fraction of sp³-hybridized carbons (Fsp3) is 0.100. The molecule has 7 heteroatoms. The molecule has 0 unspecified atom stereocenters. The van der Waals surface area contributed by atoms with Crippen LogP contribution in [0.5, 0.6) is 0 Å². The van der Waals surface area contributed by atoms with E-state index in [1.165, 1.54) is 12.4 Å². The van der Waals surface area contributed by atoms with Gasteiger partial charge in [-0.1, -0.05) is 30.3 Å². The molecular weight excluding hydrogens is 342 g/mol. The SMILES string of the molecule is C[C@@H](NC(=O)c1cc(=O)[nH]c2ccccc12)c1ccc(-n2cncn2)cc1. The number of H-pyrrole nitrogens is 1. The van der Waals surface area contributed by atoms with E-state index in [0.29, 0.717) is 16.5 Å². The monoisotopic (exact) mass is 359 g/mol. The van der Waals surface area contributed by atoms with Crippen molar-refractivity contribution in [2.75, 3.05) is 0 Å². The summed E-state index contributed by atoms with van der Waals surface area (Å²) in [4.78, 5) is 31.3. The molecular formula is C20H17N5O2. The molecule has 4 rings (SSSR count). The molecule has 2 N–H and O–H groups in total. The number of para-hydroxylation sites is 1. The van der Waals surface area contributed by atoms with Gasteiger partial charge in [0, 0.05) is 17.0 Å². The Labute approximate surface area is 154 Å².